The van der Waals surface area contributed by atoms with Gasteiger partial charge in [-0.2, -0.15) is 0 Å². The molecule has 3 fully saturated rings. The number of aldehydes is 1. The first-order valence-electron chi connectivity index (χ1n) is 14.1. The van der Waals surface area contributed by atoms with Crippen LogP contribution in [0.15, 0.2) is 23.5 Å². The number of ketones is 1. The Hall–Kier alpha value is -1.38. The second kappa shape index (κ2) is 9.00. The van der Waals surface area contributed by atoms with Crippen LogP contribution in [0.4, 0.5) is 0 Å². The zero-order chi connectivity index (χ0) is 23.1. The maximum Gasteiger partial charge on any atom is 0.155 e. The first-order chi connectivity index (χ1) is 16.0. The zero-order valence-corrected chi connectivity index (χ0v) is 21.0. The standard InChI is InChI=1S/C30H44O3/c1-3-4-16-30(33-24-9-7-5-6-8-10-24)19-15-26-25-12-11-22-20-23(32)13-18-29(22,21-31)27(25)14-17-28(26,30)2/h9,20-21,25-27H,3-8,10-19H2,1-2H3/t25-,26-,27+,28-,29+,30?/m0/s1. The SMILES string of the molecule is CCCCC1(OC2=CCCCCC2)CC[C@H]2[C@@H]3CCC4=CC(=O)CC[C@]4(C=O)[C@@H]3CC[C@@]21C. The van der Waals surface area contributed by atoms with Gasteiger partial charge in [-0.25, -0.2) is 0 Å². The van der Waals surface area contributed by atoms with E-state index in [2.05, 4.69) is 19.9 Å². The summed E-state index contributed by atoms with van der Waals surface area (Å²) in [5.74, 6) is 3.15. The molecule has 0 aromatic heterocycles. The van der Waals surface area contributed by atoms with E-state index in [9.17, 15) is 9.59 Å². The van der Waals surface area contributed by atoms with Crippen LogP contribution < -0.4 is 0 Å². The summed E-state index contributed by atoms with van der Waals surface area (Å²) in [5, 5.41) is 0. The van der Waals surface area contributed by atoms with Gasteiger partial charge in [0.2, 0.25) is 0 Å². The summed E-state index contributed by atoms with van der Waals surface area (Å²) in [6.45, 7) is 4.86. The number of rotatable bonds is 6. The first-order valence-corrected chi connectivity index (χ1v) is 14.1. The highest BCUT2D eigenvalue weighted by atomic mass is 16.5. The number of fused-ring (bicyclic) bond motifs is 5. The summed E-state index contributed by atoms with van der Waals surface area (Å²) in [4.78, 5) is 24.8. The van der Waals surface area contributed by atoms with E-state index < -0.39 is 0 Å². The van der Waals surface area contributed by atoms with E-state index in [1.165, 1.54) is 69.8 Å². The zero-order valence-electron chi connectivity index (χ0n) is 21.0. The molecule has 3 heteroatoms. The highest BCUT2D eigenvalue weighted by molar-refractivity contribution is 5.93. The summed E-state index contributed by atoms with van der Waals surface area (Å²) in [6.07, 6.45) is 23.3. The van der Waals surface area contributed by atoms with Gasteiger partial charge < -0.3 is 9.53 Å². The quantitative estimate of drug-likeness (QED) is 0.392. The van der Waals surface area contributed by atoms with Crippen molar-refractivity contribution in [3.63, 3.8) is 0 Å². The lowest BCUT2D eigenvalue weighted by molar-refractivity contribution is -0.150. The number of allylic oxidation sites excluding steroid dienone is 3. The van der Waals surface area contributed by atoms with Gasteiger partial charge in [-0.15, -0.1) is 0 Å². The molecule has 0 N–H and O–H groups in total. The molecule has 6 atom stereocenters. The van der Waals surface area contributed by atoms with Crippen molar-refractivity contribution in [1.29, 1.82) is 0 Å². The van der Waals surface area contributed by atoms with Crippen molar-refractivity contribution in [2.45, 2.75) is 122 Å². The Morgan fingerprint density at radius 3 is 2.70 bits per heavy atom. The Kier molecular flexibility index (Phi) is 6.38. The van der Waals surface area contributed by atoms with Crippen LogP contribution in [0.2, 0.25) is 0 Å². The minimum Gasteiger partial charge on any atom is -0.491 e. The van der Waals surface area contributed by atoms with Gasteiger partial charge in [0.05, 0.1) is 11.2 Å². The molecule has 0 spiro atoms. The normalized spacial score (nSPS) is 42.8. The van der Waals surface area contributed by atoms with Gasteiger partial charge in [0, 0.05) is 18.3 Å². The fourth-order valence-electron chi connectivity index (χ4n) is 9.01. The van der Waals surface area contributed by atoms with Gasteiger partial charge in [0.15, 0.2) is 5.78 Å². The summed E-state index contributed by atoms with van der Waals surface area (Å²) < 4.78 is 7.18. The van der Waals surface area contributed by atoms with Crippen LogP contribution in [-0.2, 0) is 14.3 Å². The maximum absolute atomic E-state index is 12.6. The van der Waals surface area contributed by atoms with Crippen LogP contribution in [-0.4, -0.2) is 17.7 Å². The highest BCUT2D eigenvalue weighted by Gasteiger charge is 2.66. The molecule has 3 nitrogen and oxygen atoms in total. The predicted molar refractivity (Wildman–Crippen MR) is 132 cm³/mol. The van der Waals surface area contributed by atoms with E-state index in [0.29, 0.717) is 24.2 Å². The molecule has 0 aromatic rings. The van der Waals surface area contributed by atoms with Gasteiger partial charge in [-0.05, 0) is 107 Å². The van der Waals surface area contributed by atoms with E-state index in [1.807, 2.05) is 6.08 Å². The third-order valence-corrected chi connectivity index (χ3v) is 10.8. The number of carbonyl (C=O) groups is 2. The van der Waals surface area contributed by atoms with Gasteiger partial charge in [-0.1, -0.05) is 32.3 Å². The van der Waals surface area contributed by atoms with Crippen molar-refractivity contribution < 1.29 is 14.3 Å². The van der Waals surface area contributed by atoms with Crippen molar-refractivity contribution in [3.05, 3.63) is 23.5 Å². The van der Waals surface area contributed by atoms with Gasteiger partial charge >= 0.3 is 0 Å². The average molecular weight is 453 g/mol. The van der Waals surface area contributed by atoms with Crippen LogP contribution in [0.25, 0.3) is 0 Å². The fourth-order valence-corrected chi connectivity index (χ4v) is 9.01. The molecule has 0 amide bonds. The van der Waals surface area contributed by atoms with Crippen LogP contribution >= 0.6 is 0 Å². The molecule has 0 heterocycles. The van der Waals surface area contributed by atoms with Crippen molar-refractivity contribution >= 4 is 12.1 Å². The van der Waals surface area contributed by atoms with Crippen molar-refractivity contribution in [3.8, 4) is 0 Å². The number of ether oxygens (including phenoxy) is 1. The van der Waals surface area contributed by atoms with Crippen LogP contribution in [0.5, 0.6) is 0 Å². The number of hydrogen-bond acceptors (Lipinski definition) is 3. The molecule has 5 rings (SSSR count). The molecule has 0 bridgehead atoms. The lowest BCUT2D eigenvalue weighted by Gasteiger charge is -2.59. The largest absolute Gasteiger partial charge is 0.491 e. The molecule has 0 aromatic carbocycles. The molecule has 1 unspecified atom stereocenters. The van der Waals surface area contributed by atoms with Crippen LogP contribution in [0.3, 0.4) is 0 Å². The number of hydrogen-bond donors (Lipinski definition) is 0. The second-order valence-corrected chi connectivity index (χ2v) is 12.2. The summed E-state index contributed by atoms with van der Waals surface area (Å²) in [5.41, 5.74) is 0.944. The molecule has 5 aliphatic carbocycles. The predicted octanol–water partition coefficient (Wildman–Crippen LogP) is 7.49. The van der Waals surface area contributed by atoms with E-state index >= 15 is 0 Å². The average Bonchev–Trinajstić information content (AvgIpc) is 2.95. The summed E-state index contributed by atoms with van der Waals surface area (Å²) in [6, 6.07) is 0. The van der Waals surface area contributed by atoms with Gasteiger partial charge in [-0.3, -0.25) is 4.79 Å². The third-order valence-electron chi connectivity index (χ3n) is 10.8. The molecule has 182 valence electrons. The lowest BCUT2D eigenvalue weighted by atomic mass is 9.46. The molecular weight excluding hydrogens is 408 g/mol. The highest BCUT2D eigenvalue weighted by Crippen LogP contribution is 2.69. The smallest absolute Gasteiger partial charge is 0.155 e. The van der Waals surface area contributed by atoms with Crippen molar-refractivity contribution in [2.24, 2.45) is 28.6 Å². The third kappa shape index (κ3) is 3.67. The Balaban J connectivity index is 1.46. The second-order valence-electron chi connectivity index (χ2n) is 12.2. The Morgan fingerprint density at radius 2 is 1.88 bits per heavy atom. The van der Waals surface area contributed by atoms with E-state index in [-0.39, 0.29) is 22.2 Å². The van der Waals surface area contributed by atoms with Crippen molar-refractivity contribution in [2.75, 3.05) is 0 Å². The fraction of sp³-hybridized carbons (Fsp3) is 0.800. The Bertz CT molecular complexity index is 839. The van der Waals surface area contributed by atoms with E-state index in [0.717, 1.165) is 44.1 Å². The lowest BCUT2D eigenvalue weighted by Crippen LogP contribution is -2.56. The molecule has 33 heavy (non-hydrogen) atoms. The minimum absolute atomic E-state index is 0.0399. The van der Waals surface area contributed by atoms with Gasteiger partial charge in [0.1, 0.15) is 11.9 Å². The first kappa shape index (κ1) is 23.4. The molecule has 0 aliphatic heterocycles. The Morgan fingerprint density at radius 1 is 1.03 bits per heavy atom. The van der Waals surface area contributed by atoms with Crippen LogP contribution in [0, 0.1) is 28.6 Å². The van der Waals surface area contributed by atoms with Crippen molar-refractivity contribution in [1.82, 2.24) is 0 Å². The Labute approximate surface area is 200 Å². The summed E-state index contributed by atoms with van der Waals surface area (Å²) in [7, 11) is 0. The van der Waals surface area contributed by atoms with E-state index in [1.54, 1.807) is 0 Å². The molecular formula is C30H44O3. The molecule has 3 saturated carbocycles. The molecule has 0 saturated heterocycles. The number of carbonyl (C=O) groups excluding carboxylic acids is 2. The monoisotopic (exact) mass is 452 g/mol. The van der Waals surface area contributed by atoms with Crippen LogP contribution in [0.1, 0.15) is 117 Å². The minimum atomic E-state index is -0.364. The topological polar surface area (TPSA) is 43.4 Å². The molecule has 0 radical (unpaired) electrons. The number of unbranched alkanes of at least 4 members (excludes halogenated alkanes) is 1. The summed E-state index contributed by atoms with van der Waals surface area (Å²) >= 11 is 0. The van der Waals surface area contributed by atoms with E-state index in [4.69, 9.17) is 4.74 Å². The molecule has 5 aliphatic rings. The van der Waals surface area contributed by atoms with Gasteiger partial charge in [0.25, 0.3) is 0 Å². The maximum atomic E-state index is 12.6.